The Morgan fingerprint density at radius 2 is 2.11 bits per heavy atom. The van der Waals surface area contributed by atoms with Gasteiger partial charge in [0.1, 0.15) is 12.4 Å². The molecule has 4 rings (SSSR count). The number of rotatable bonds is 6. The molecule has 2 aliphatic heterocycles. The second kappa shape index (κ2) is 9.16. The van der Waals surface area contributed by atoms with Gasteiger partial charge in [0.05, 0.1) is 24.0 Å². The van der Waals surface area contributed by atoms with E-state index in [1.807, 2.05) is 24.3 Å². The van der Waals surface area contributed by atoms with Crippen molar-refractivity contribution in [2.24, 2.45) is 0 Å². The summed E-state index contributed by atoms with van der Waals surface area (Å²) in [7, 11) is 0. The number of aromatic nitrogens is 3. The van der Waals surface area contributed by atoms with Crippen LogP contribution in [0.25, 0.3) is 0 Å². The Balaban J connectivity index is 1.38. The average molecular weight is 385 g/mol. The standard InChI is InChI=1S/C20H27N5O3/c26-20(18-13-25(24-23-18)15-8-10-21-11-9-15)22-17-6-1-2-7-19(17)28-14-16-5-3-4-12-27-16/h1-2,6-7,13,15-16,21H,3-5,8-12,14H2,(H,22,26). The van der Waals surface area contributed by atoms with Gasteiger partial charge in [0.2, 0.25) is 0 Å². The van der Waals surface area contributed by atoms with Gasteiger partial charge >= 0.3 is 0 Å². The molecule has 3 heterocycles. The minimum Gasteiger partial charge on any atom is -0.489 e. The van der Waals surface area contributed by atoms with Crippen LogP contribution in [0.15, 0.2) is 30.5 Å². The molecule has 2 fully saturated rings. The van der Waals surface area contributed by atoms with E-state index in [-0.39, 0.29) is 12.0 Å². The molecule has 0 spiro atoms. The highest BCUT2D eigenvalue weighted by atomic mass is 16.5. The van der Waals surface area contributed by atoms with Crippen LogP contribution < -0.4 is 15.4 Å². The summed E-state index contributed by atoms with van der Waals surface area (Å²) in [6.45, 7) is 3.20. The number of hydrogen-bond donors (Lipinski definition) is 2. The summed E-state index contributed by atoms with van der Waals surface area (Å²) in [5, 5.41) is 14.4. The predicted octanol–water partition coefficient (Wildman–Crippen LogP) is 2.40. The van der Waals surface area contributed by atoms with Crippen LogP contribution in [0.3, 0.4) is 0 Å². The molecule has 0 saturated carbocycles. The topological polar surface area (TPSA) is 90.3 Å². The van der Waals surface area contributed by atoms with E-state index in [1.165, 1.54) is 6.42 Å². The SMILES string of the molecule is O=C(Nc1ccccc1OCC1CCCCO1)c1cn(C2CCNCC2)nn1. The minimum absolute atomic E-state index is 0.113. The van der Waals surface area contributed by atoms with E-state index in [0.29, 0.717) is 29.8 Å². The highest BCUT2D eigenvalue weighted by molar-refractivity contribution is 6.03. The molecule has 2 N–H and O–H groups in total. The molecule has 1 aromatic carbocycles. The Morgan fingerprint density at radius 1 is 1.25 bits per heavy atom. The van der Waals surface area contributed by atoms with E-state index in [1.54, 1.807) is 10.9 Å². The normalized spacial score (nSPS) is 20.6. The fourth-order valence-electron chi connectivity index (χ4n) is 3.63. The number of nitrogens with one attached hydrogen (secondary N) is 2. The van der Waals surface area contributed by atoms with Crippen molar-refractivity contribution in [1.29, 1.82) is 0 Å². The number of amides is 1. The third-order valence-corrected chi connectivity index (χ3v) is 5.26. The van der Waals surface area contributed by atoms with Crippen LogP contribution in [0, 0.1) is 0 Å². The number of ether oxygens (including phenoxy) is 2. The van der Waals surface area contributed by atoms with Crippen molar-refractivity contribution >= 4 is 11.6 Å². The van der Waals surface area contributed by atoms with E-state index in [4.69, 9.17) is 9.47 Å². The number of benzene rings is 1. The van der Waals surface area contributed by atoms with Gasteiger partial charge in [-0.1, -0.05) is 17.3 Å². The van der Waals surface area contributed by atoms with Crippen molar-refractivity contribution in [1.82, 2.24) is 20.3 Å². The van der Waals surface area contributed by atoms with Crippen LogP contribution in [-0.4, -0.2) is 53.3 Å². The van der Waals surface area contributed by atoms with Crippen molar-refractivity contribution in [2.75, 3.05) is 31.6 Å². The van der Waals surface area contributed by atoms with Crippen LogP contribution in [0.5, 0.6) is 5.75 Å². The predicted molar refractivity (Wildman–Crippen MR) is 105 cm³/mol. The molecular weight excluding hydrogens is 358 g/mol. The second-order valence-electron chi connectivity index (χ2n) is 7.31. The largest absolute Gasteiger partial charge is 0.489 e. The number of para-hydroxylation sites is 2. The van der Waals surface area contributed by atoms with Crippen molar-refractivity contribution in [3.63, 3.8) is 0 Å². The van der Waals surface area contributed by atoms with Gasteiger partial charge in [-0.3, -0.25) is 4.79 Å². The first-order valence-corrected chi connectivity index (χ1v) is 10.1. The summed E-state index contributed by atoms with van der Waals surface area (Å²) >= 11 is 0. The number of hydrogen-bond acceptors (Lipinski definition) is 6. The van der Waals surface area contributed by atoms with Crippen LogP contribution in [-0.2, 0) is 4.74 Å². The fourth-order valence-corrected chi connectivity index (χ4v) is 3.63. The van der Waals surface area contributed by atoms with E-state index < -0.39 is 0 Å². The first-order chi connectivity index (χ1) is 13.8. The summed E-state index contributed by atoms with van der Waals surface area (Å²) in [6.07, 6.45) is 7.11. The van der Waals surface area contributed by atoms with E-state index >= 15 is 0 Å². The Kier molecular flexibility index (Phi) is 6.18. The van der Waals surface area contributed by atoms with Gasteiger partial charge in [-0.05, 0) is 57.3 Å². The van der Waals surface area contributed by atoms with Crippen LogP contribution in [0.2, 0.25) is 0 Å². The molecule has 8 nitrogen and oxygen atoms in total. The summed E-state index contributed by atoms with van der Waals surface area (Å²) in [5.74, 6) is 0.348. The quantitative estimate of drug-likeness (QED) is 0.794. The lowest BCUT2D eigenvalue weighted by Crippen LogP contribution is -2.29. The zero-order chi connectivity index (χ0) is 19.2. The summed E-state index contributed by atoms with van der Waals surface area (Å²) < 4.78 is 13.4. The molecule has 2 saturated heterocycles. The zero-order valence-corrected chi connectivity index (χ0v) is 16.0. The van der Waals surface area contributed by atoms with Gasteiger partial charge in [-0.2, -0.15) is 0 Å². The van der Waals surface area contributed by atoms with E-state index in [0.717, 1.165) is 45.4 Å². The molecule has 2 aliphatic rings. The Bertz CT molecular complexity index is 782. The molecule has 8 heteroatoms. The van der Waals surface area contributed by atoms with Gasteiger partial charge in [-0.15, -0.1) is 5.10 Å². The maximum Gasteiger partial charge on any atom is 0.277 e. The monoisotopic (exact) mass is 385 g/mol. The molecule has 0 bridgehead atoms. The number of piperidine rings is 1. The number of nitrogens with zero attached hydrogens (tertiary/aromatic N) is 3. The molecule has 150 valence electrons. The lowest BCUT2D eigenvalue weighted by atomic mass is 10.1. The number of anilines is 1. The third-order valence-electron chi connectivity index (χ3n) is 5.26. The highest BCUT2D eigenvalue weighted by Crippen LogP contribution is 2.25. The number of carbonyl (C=O) groups excluding carboxylic acids is 1. The summed E-state index contributed by atoms with van der Waals surface area (Å²) in [6, 6.07) is 7.73. The van der Waals surface area contributed by atoms with Crippen molar-refractivity contribution < 1.29 is 14.3 Å². The van der Waals surface area contributed by atoms with Crippen LogP contribution >= 0.6 is 0 Å². The van der Waals surface area contributed by atoms with Gasteiger partial charge in [-0.25, -0.2) is 4.68 Å². The van der Waals surface area contributed by atoms with Crippen LogP contribution in [0.1, 0.15) is 48.6 Å². The molecule has 1 amide bonds. The third kappa shape index (κ3) is 4.69. The highest BCUT2D eigenvalue weighted by Gasteiger charge is 2.20. The minimum atomic E-state index is -0.287. The van der Waals surface area contributed by atoms with Crippen molar-refractivity contribution in [3.8, 4) is 5.75 Å². The van der Waals surface area contributed by atoms with Gasteiger partial charge in [0, 0.05) is 6.61 Å². The maximum atomic E-state index is 12.6. The van der Waals surface area contributed by atoms with Crippen LogP contribution in [0.4, 0.5) is 5.69 Å². The Labute approximate surface area is 164 Å². The fraction of sp³-hybridized carbons (Fsp3) is 0.550. The summed E-state index contributed by atoms with van der Waals surface area (Å²) in [5.41, 5.74) is 0.934. The average Bonchev–Trinajstić information content (AvgIpc) is 3.25. The molecular formula is C20H27N5O3. The lowest BCUT2D eigenvalue weighted by molar-refractivity contribution is -0.0109. The first kappa shape index (κ1) is 18.9. The molecule has 2 aromatic rings. The number of carbonyl (C=O) groups is 1. The molecule has 1 atom stereocenters. The summed E-state index contributed by atoms with van der Waals surface area (Å²) in [4.78, 5) is 12.6. The zero-order valence-electron chi connectivity index (χ0n) is 16.0. The molecule has 0 aliphatic carbocycles. The molecule has 28 heavy (non-hydrogen) atoms. The maximum absolute atomic E-state index is 12.6. The Morgan fingerprint density at radius 3 is 2.93 bits per heavy atom. The Hall–Kier alpha value is -2.45. The van der Waals surface area contributed by atoms with E-state index in [2.05, 4.69) is 20.9 Å². The van der Waals surface area contributed by atoms with E-state index in [9.17, 15) is 4.79 Å². The van der Waals surface area contributed by atoms with Gasteiger partial charge in [0.15, 0.2) is 5.69 Å². The van der Waals surface area contributed by atoms with Crippen molar-refractivity contribution in [2.45, 2.75) is 44.2 Å². The molecule has 1 unspecified atom stereocenters. The smallest absolute Gasteiger partial charge is 0.277 e. The first-order valence-electron chi connectivity index (χ1n) is 10.1. The molecule has 1 aromatic heterocycles. The van der Waals surface area contributed by atoms with Gasteiger partial charge in [0.25, 0.3) is 5.91 Å². The molecule has 0 radical (unpaired) electrons. The lowest BCUT2D eigenvalue weighted by Gasteiger charge is -2.23. The van der Waals surface area contributed by atoms with Crippen molar-refractivity contribution in [3.05, 3.63) is 36.2 Å². The second-order valence-corrected chi connectivity index (χ2v) is 7.31. The van der Waals surface area contributed by atoms with Gasteiger partial charge < -0.3 is 20.1 Å².